The Hall–Kier alpha value is -4.02. The van der Waals surface area contributed by atoms with E-state index in [4.69, 9.17) is 0 Å². The molecule has 2 atom stereocenters. The van der Waals surface area contributed by atoms with Gasteiger partial charge in [0.05, 0.1) is 29.3 Å². The van der Waals surface area contributed by atoms with Crippen molar-refractivity contribution >= 4 is 22.7 Å². The van der Waals surface area contributed by atoms with Crippen LogP contribution in [-0.2, 0) is 21.7 Å². The summed E-state index contributed by atoms with van der Waals surface area (Å²) >= 11 is 0. The van der Waals surface area contributed by atoms with Crippen LogP contribution in [0.2, 0.25) is 0 Å². The van der Waals surface area contributed by atoms with Gasteiger partial charge in [-0.2, -0.15) is 5.10 Å². The van der Waals surface area contributed by atoms with E-state index in [1.54, 1.807) is 29.1 Å². The molecule has 0 radical (unpaired) electrons. The highest BCUT2D eigenvalue weighted by Gasteiger charge is 2.50. The molecule has 1 saturated carbocycles. The molecule has 1 aliphatic carbocycles. The van der Waals surface area contributed by atoms with Gasteiger partial charge in [-0.3, -0.25) is 29.5 Å². The van der Waals surface area contributed by atoms with E-state index in [0.717, 1.165) is 24.0 Å². The standard InChI is InChI=1S/C34H35F2N5O3/c1-33(2)19-40(17-20-3-5-21(6-4-20)31-27(35)18-41(39-31)23-7-8-23)14-13-34(33,44)26-10-11-28-25(30(26)36)15-22(16-37-28)24-9-12-29(42)38-32(24)43/h3-6,10-11,15-16,18,23-24,44H,7-9,12-14,17,19H2,1-2H3,(H,38,42,43)/t24?,34-/m1/s1. The number of nitrogens with zero attached hydrogens (tertiary/aromatic N) is 4. The molecular weight excluding hydrogens is 564 g/mol. The van der Waals surface area contributed by atoms with Gasteiger partial charge in [0.1, 0.15) is 11.5 Å². The summed E-state index contributed by atoms with van der Waals surface area (Å²) in [5, 5.41) is 19.1. The van der Waals surface area contributed by atoms with Crippen molar-refractivity contribution in [3.05, 3.63) is 83.2 Å². The molecule has 3 aliphatic rings. The van der Waals surface area contributed by atoms with E-state index in [2.05, 4.69) is 20.3 Å². The summed E-state index contributed by atoms with van der Waals surface area (Å²) in [5.74, 6) is -2.15. The van der Waals surface area contributed by atoms with Gasteiger partial charge in [-0.05, 0) is 48.9 Å². The maximum Gasteiger partial charge on any atom is 0.234 e. The first-order valence-corrected chi connectivity index (χ1v) is 15.2. The zero-order valence-electron chi connectivity index (χ0n) is 24.8. The second-order valence-corrected chi connectivity index (χ2v) is 13.2. The normalized spacial score (nSPS) is 24.1. The van der Waals surface area contributed by atoms with Crippen molar-refractivity contribution in [2.45, 2.75) is 70.1 Å². The van der Waals surface area contributed by atoms with Gasteiger partial charge in [0.2, 0.25) is 11.8 Å². The smallest absolute Gasteiger partial charge is 0.234 e. The fraction of sp³-hybridized carbons (Fsp3) is 0.412. The lowest BCUT2D eigenvalue weighted by Crippen LogP contribution is -2.55. The number of halogens is 2. The number of aromatic nitrogens is 3. The van der Waals surface area contributed by atoms with Crippen LogP contribution in [0.4, 0.5) is 8.78 Å². The number of carbonyl (C=O) groups excluding carboxylic acids is 2. The summed E-state index contributed by atoms with van der Waals surface area (Å²) in [6, 6.07) is 13.0. The first kappa shape index (κ1) is 28.7. The molecular formula is C34H35F2N5O3. The molecule has 228 valence electrons. The molecule has 2 aromatic heterocycles. The summed E-state index contributed by atoms with van der Waals surface area (Å²) in [4.78, 5) is 30.7. The third-order valence-electron chi connectivity index (χ3n) is 9.68. The molecule has 2 saturated heterocycles. The maximum atomic E-state index is 16.2. The Morgan fingerprint density at radius 1 is 1.07 bits per heavy atom. The van der Waals surface area contributed by atoms with Crippen LogP contribution in [0.25, 0.3) is 22.2 Å². The zero-order valence-corrected chi connectivity index (χ0v) is 24.8. The Bertz CT molecular complexity index is 1780. The van der Waals surface area contributed by atoms with Crippen molar-refractivity contribution in [2.24, 2.45) is 5.41 Å². The Labute approximate surface area is 254 Å². The van der Waals surface area contributed by atoms with Crippen molar-refractivity contribution in [3.63, 3.8) is 0 Å². The van der Waals surface area contributed by atoms with Crippen molar-refractivity contribution in [1.29, 1.82) is 0 Å². The Kier molecular flexibility index (Phi) is 6.89. The number of fused-ring (bicyclic) bond motifs is 1. The number of imide groups is 1. The summed E-state index contributed by atoms with van der Waals surface area (Å²) in [5.41, 5.74) is 1.22. The third-order valence-corrected chi connectivity index (χ3v) is 9.68. The lowest BCUT2D eigenvalue weighted by Gasteiger charge is -2.50. The maximum absolute atomic E-state index is 16.2. The Balaban J connectivity index is 1.09. The first-order valence-electron chi connectivity index (χ1n) is 15.2. The number of hydrogen-bond donors (Lipinski definition) is 2. The van der Waals surface area contributed by atoms with Crippen molar-refractivity contribution in [3.8, 4) is 11.3 Å². The van der Waals surface area contributed by atoms with Crippen molar-refractivity contribution < 1.29 is 23.5 Å². The van der Waals surface area contributed by atoms with Gasteiger partial charge < -0.3 is 5.11 Å². The van der Waals surface area contributed by atoms with E-state index in [0.29, 0.717) is 55.3 Å². The predicted octanol–water partition coefficient (Wildman–Crippen LogP) is 5.35. The lowest BCUT2D eigenvalue weighted by atomic mass is 9.66. The Morgan fingerprint density at radius 3 is 2.55 bits per heavy atom. The molecule has 2 aromatic carbocycles. The van der Waals surface area contributed by atoms with E-state index in [9.17, 15) is 19.1 Å². The number of rotatable bonds is 6. The summed E-state index contributed by atoms with van der Waals surface area (Å²) in [6.07, 6.45) is 6.00. The lowest BCUT2D eigenvalue weighted by molar-refractivity contribution is -0.134. The molecule has 3 fully saturated rings. The SMILES string of the molecule is CC1(C)CN(Cc2ccc(-c3nn(C4CC4)cc3F)cc2)CC[C@@]1(O)c1ccc2ncc(C3CCC(=O)NC3=O)cc2c1F. The van der Waals surface area contributed by atoms with Gasteiger partial charge in [0, 0.05) is 54.2 Å². The van der Waals surface area contributed by atoms with Gasteiger partial charge in [0.15, 0.2) is 5.82 Å². The van der Waals surface area contributed by atoms with Crippen LogP contribution in [0.15, 0.2) is 54.9 Å². The van der Waals surface area contributed by atoms with Crippen LogP contribution < -0.4 is 5.32 Å². The van der Waals surface area contributed by atoms with Crippen LogP contribution >= 0.6 is 0 Å². The number of amides is 2. The van der Waals surface area contributed by atoms with Crippen LogP contribution in [0.3, 0.4) is 0 Å². The average Bonchev–Trinajstić information content (AvgIpc) is 3.77. The van der Waals surface area contributed by atoms with Gasteiger partial charge in [0.25, 0.3) is 0 Å². The second-order valence-electron chi connectivity index (χ2n) is 13.2. The number of nitrogens with one attached hydrogen (secondary N) is 1. The monoisotopic (exact) mass is 599 g/mol. The number of pyridine rings is 1. The van der Waals surface area contributed by atoms with Crippen LogP contribution in [0, 0.1) is 17.0 Å². The highest BCUT2D eigenvalue weighted by atomic mass is 19.1. The molecule has 44 heavy (non-hydrogen) atoms. The Morgan fingerprint density at radius 2 is 1.84 bits per heavy atom. The van der Waals surface area contributed by atoms with Crippen molar-refractivity contribution in [2.75, 3.05) is 13.1 Å². The van der Waals surface area contributed by atoms with Gasteiger partial charge >= 0.3 is 0 Å². The number of benzene rings is 2. The van der Waals surface area contributed by atoms with E-state index in [1.807, 2.05) is 38.1 Å². The number of aliphatic hydroxyl groups is 1. The summed E-state index contributed by atoms with van der Waals surface area (Å²) < 4.78 is 32.5. The highest BCUT2D eigenvalue weighted by molar-refractivity contribution is 6.01. The molecule has 2 amide bonds. The second kappa shape index (κ2) is 10.6. The summed E-state index contributed by atoms with van der Waals surface area (Å²) in [6.45, 7) is 5.61. The third kappa shape index (κ3) is 4.99. The van der Waals surface area contributed by atoms with Gasteiger partial charge in [-0.25, -0.2) is 8.78 Å². The zero-order chi connectivity index (χ0) is 30.8. The van der Waals surface area contributed by atoms with Crippen LogP contribution in [-0.4, -0.2) is 49.7 Å². The molecule has 2 N–H and O–H groups in total. The number of piperidine rings is 2. The van der Waals surface area contributed by atoms with Crippen LogP contribution in [0.1, 0.15) is 74.6 Å². The molecule has 1 unspecified atom stereocenters. The molecule has 10 heteroatoms. The molecule has 0 spiro atoms. The predicted molar refractivity (Wildman–Crippen MR) is 160 cm³/mol. The first-order chi connectivity index (χ1) is 21.0. The van der Waals surface area contributed by atoms with E-state index in [1.165, 1.54) is 6.20 Å². The van der Waals surface area contributed by atoms with Crippen LogP contribution in [0.5, 0.6) is 0 Å². The van der Waals surface area contributed by atoms with Crippen molar-refractivity contribution in [1.82, 2.24) is 25.0 Å². The molecule has 8 nitrogen and oxygen atoms in total. The topological polar surface area (TPSA) is 100 Å². The molecule has 4 aromatic rings. The minimum Gasteiger partial charge on any atom is -0.384 e. The van der Waals surface area contributed by atoms with Gasteiger partial charge in [-0.15, -0.1) is 0 Å². The largest absolute Gasteiger partial charge is 0.384 e. The number of likely N-dealkylation sites (tertiary alicyclic amines) is 1. The minimum atomic E-state index is -1.44. The summed E-state index contributed by atoms with van der Waals surface area (Å²) in [7, 11) is 0. The molecule has 7 rings (SSSR count). The minimum absolute atomic E-state index is 0.217. The quantitative estimate of drug-likeness (QED) is 0.290. The fourth-order valence-corrected chi connectivity index (χ4v) is 6.88. The van der Waals surface area contributed by atoms with E-state index in [-0.39, 0.29) is 29.1 Å². The van der Waals surface area contributed by atoms with E-state index >= 15 is 4.39 Å². The number of carbonyl (C=O) groups is 2. The highest BCUT2D eigenvalue weighted by Crippen LogP contribution is 2.48. The molecule has 4 heterocycles. The van der Waals surface area contributed by atoms with Gasteiger partial charge in [-0.1, -0.05) is 44.2 Å². The molecule has 2 aliphatic heterocycles. The number of hydrogen-bond acceptors (Lipinski definition) is 6. The average molecular weight is 600 g/mol. The fourth-order valence-electron chi connectivity index (χ4n) is 6.88. The molecule has 0 bridgehead atoms. The van der Waals surface area contributed by atoms with E-state index < -0.39 is 28.7 Å².